The molecule has 3 rings (SSSR count). The molecule has 0 N–H and O–H groups in total. The number of rotatable bonds is 3. The number of nitro groups is 1. The second-order valence-corrected chi connectivity index (χ2v) is 5.85. The third-order valence-electron chi connectivity index (χ3n) is 3.38. The minimum atomic E-state index is -0.401. The molecule has 6 nitrogen and oxygen atoms in total. The van der Waals surface area contributed by atoms with Crippen molar-refractivity contribution in [2.24, 2.45) is 12.0 Å². The predicted octanol–water partition coefficient (Wildman–Crippen LogP) is 3.60. The van der Waals surface area contributed by atoms with E-state index in [-0.39, 0.29) is 5.69 Å². The van der Waals surface area contributed by atoms with Crippen LogP contribution < -0.4 is 4.80 Å². The van der Waals surface area contributed by atoms with E-state index in [4.69, 9.17) is 0 Å². The number of pyridine rings is 1. The van der Waals surface area contributed by atoms with E-state index in [9.17, 15) is 10.1 Å². The lowest BCUT2D eigenvalue weighted by Crippen LogP contribution is -2.11. The molecule has 0 atom stereocenters. The van der Waals surface area contributed by atoms with Gasteiger partial charge in [-0.1, -0.05) is 6.07 Å². The maximum atomic E-state index is 10.7. The van der Waals surface area contributed by atoms with Gasteiger partial charge in [0, 0.05) is 30.3 Å². The molecule has 2 aromatic heterocycles. The van der Waals surface area contributed by atoms with Crippen molar-refractivity contribution < 1.29 is 4.92 Å². The smallest absolute Gasteiger partial charge is 0.269 e. The highest BCUT2D eigenvalue weighted by Gasteiger charge is 2.08. The van der Waals surface area contributed by atoms with Gasteiger partial charge in [-0.05, 0) is 36.8 Å². The molecular weight excluding hydrogens is 312 g/mol. The van der Waals surface area contributed by atoms with E-state index in [0.29, 0.717) is 5.82 Å². The summed E-state index contributed by atoms with van der Waals surface area (Å²) >= 11 is 1.50. The van der Waals surface area contributed by atoms with Gasteiger partial charge < -0.3 is 4.57 Å². The summed E-state index contributed by atoms with van der Waals surface area (Å²) in [5.41, 5.74) is 2.87. The second-order valence-electron chi connectivity index (χ2n) is 5.02. The maximum Gasteiger partial charge on any atom is 0.269 e. The Labute approximate surface area is 136 Å². The Bertz CT molecular complexity index is 926. The van der Waals surface area contributed by atoms with Gasteiger partial charge in [0.15, 0.2) is 10.6 Å². The topological polar surface area (TPSA) is 73.3 Å². The number of hydrogen-bond donors (Lipinski definition) is 0. The summed E-state index contributed by atoms with van der Waals surface area (Å²) in [6.45, 7) is 1.93. The summed E-state index contributed by atoms with van der Waals surface area (Å²) in [5, 5.41) is 12.7. The third kappa shape index (κ3) is 3.19. The fourth-order valence-corrected chi connectivity index (χ4v) is 3.09. The van der Waals surface area contributed by atoms with Crippen molar-refractivity contribution in [1.29, 1.82) is 0 Å². The minimum Gasteiger partial charge on any atom is -0.320 e. The van der Waals surface area contributed by atoms with Gasteiger partial charge in [-0.2, -0.15) is 0 Å². The van der Waals surface area contributed by atoms with Crippen LogP contribution in [0.25, 0.3) is 11.3 Å². The molecular formula is C16H14N4O2S. The lowest BCUT2D eigenvalue weighted by Gasteiger charge is -2.02. The molecule has 0 amide bonds. The van der Waals surface area contributed by atoms with Crippen LogP contribution in [0.2, 0.25) is 0 Å². The van der Waals surface area contributed by atoms with Crippen LogP contribution in [0.1, 0.15) is 5.69 Å². The van der Waals surface area contributed by atoms with Crippen LogP contribution in [-0.4, -0.2) is 14.5 Å². The molecule has 3 aromatic rings. The van der Waals surface area contributed by atoms with Crippen LogP contribution >= 0.6 is 11.3 Å². The van der Waals surface area contributed by atoms with Crippen LogP contribution in [0.3, 0.4) is 0 Å². The molecule has 0 spiro atoms. The first-order valence-electron chi connectivity index (χ1n) is 6.92. The molecule has 23 heavy (non-hydrogen) atoms. The van der Waals surface area contributed by atoms with E-state index < -0.39 is 4.92 Å². The quantitative estimate of drug-likeness (QED) is 0.545. The highest BCUT2D eigenvalue weighted by molar-refractivity contribution is 7.07. The van der Waals surface area contributed by atoms with Crippen molar-refractivity contribution in [3.8, 4) is 11.3 Å². The van der Waals surface area contributed by atoms with Crippen molar-refractivity contribution >= 4 is 22.8 Å². The maximum absolute atomic E-state index is 10.7. The average Bonchev–Trinajstić information content (AvgIpc) is 2.88. The highest BCUT2D eigenvalue weighted by atomic mass is 32.1. The zero-order valence-corrected chi connectivity index (χ0v) is 13.4. The van der Waals surface area contributed by atoms with Gasteiger partial charge in [-0.25, -0.2) is 9.98 Å². The molecule has 2 heterocycles. The summed E-state index contributed by atoms with van der Waals surface area (Å²) in [5.74, 6) is 0.665. The molecule has 0 saturated heterocycles. The Morgan fingerprint density at radius 2 is 1.96 bits per heavy atom. The molecule has 0 radical (unpaired) electrons. The Hall–Kier alpha value is -2.80. The van der Waals surface area contributed by atoms with Gasteiger partial charge in [0.25, 0.3) is 5.69 Å². The molecule has 0 aliphatic carbocycles. The van der Waals surface area contributed by atoms with Gasteiger partial charge in [0.1, 0.15) is 0 Å². The van der Waals surface area contributed by atoms with E-state index in [1.54, 1.807) is 12.1 Å². The van der Waals surface area contributed by atoms with Crippen LogP contribution in [0, 0.1) is 17.0 Å². The molecule has 0 unspecified atom stereocenters. The van der Waals surface area contributed by atoms with Crippen molar-refractivity contribution in [3.05, 3.63) is 68.5 Å². The Kier molecular flexibility index (Phi) is 4.03. The third-order valence-corrected chi connectivity index (χ3v) is 4.30. The highest BCUT2D eigenvalue weighted by Crippen LogP contribution is 2.22. The van der Waals surface area contributed by atoms with Gasteiger partial charge in [-0.15, -0.1) is 11.3 Å². The number of nitro benzene ring substituents is 1. The van der Waals surface area contributed by atoms with Gasteiger partial charge in [0.2, 0.25) is 0 Å². The first-order chi connectivity index (χ1) is 11.0. The lowest BCUT2D eigenvalue weighted by atomic mass is 10.1. The zero-order valence-electron chi connectivity index (χ0n) is 12.6. The van der Waals surface area contributed by atoms with Crippen molar-refractivity contribution in [2.45, 2.75) is 6.92 Å². The number of nitrogens with zero attached hydrogens (tertiary/aromatic N) is 4. The molecule has 7 heteroatoms. The Morgan fingerprint density at radius 3 is 2.61 bits per heavy atom. The molecule has 1 aromatic carbocycles. The number of non-ortho nitro benzene ring substituents is 1. The molecule has 0 saturated carbocycles. The first kappa shape index (κ1) is 15.1. The molecule has 116 valence electrons. The molecule has 0 aliphatic rings. The van der Waals surface area contributed by atoms with Gasteiger partial charge in [0.05, 0.1) is 10.6 Å². The monoisotopic (exact) mass is 326 g/mol. The molecule has 0 fully saturated rings. The first-order valence-corrected chi connectivity index (χ1v) is 7.80. The van der Waals surface area contributed by atoms with E-state index in [0.717, 1.165) is 21.8 Å². The van der Waals surface area contributed by atoms with Crippen molar-refractivity contribution in [1.82, 2.24) is 9.55 Å². The van der Waals surface area contributed by atoms with E-state index in [2.05, 4.69) is 9.98 Å². The van der Waals surface area contributed by atoms with Crippen LogP contribution in [-0.2, 0) is 7.05 Å². The van der Waals surface area contributed by atoms with E-state index >= 15 is 0 Å². The molecule has 0 bridgehead atoms. The number of aromatic nitrogens is 2. The fourth-order valence-electron chi connectivity index (χ4n) is 2.18. The SMILES string of the molecule is Cc1cccc(/N=c2/scc(-c3ccc([N+](=O)[O-])cc3)n2C)n1. The van der Waals surface area contributed by atoms with Crippen LogP contribution in [0.15, 0.2) is 52.8 Å². The predicted molar refractivity (Wildman–Crippen MR) is 89.6 cm³/mol. The summed E-state index contributed by atoms with van der Waals surface area (Å²) in [7, 11) is 1.92. The van der Waals surface area contributed by atoms with E-state index in [1.165, 1.54) is 23.5 Å². The number of hydrogen-bond acceptors (Lipinski definition) is 5. The van der Waals surface area contributed by atoms with Gasteiger partial charge >= 0.3 is 0 Å². The van der Waals surface area contributed by atoms with Gasteiger partial charge in [-0.3, -0.25) is 10.1 Å². The van der Waals surface area contributed by atoms with Crippen LogP contribution in [0.5, 0.6) is 0 Å². The number of benzene rings is 1. The Balaban J connectivity index is 2.00. The summed E-state index contributed by atoms with van der Waals surface area (Å²) in [6, 6.07) is 12.2. The van der Waals surface area contributed by atoms with Crippen molar-refractivity contribution in [2.75, 3.05) is 0 Å². The lowest BCUT2D eigenvalue weighted by molar-refractivity contribution is -0.384. The fraction of sp³-hybridized carbons (Fsp3) is 0.125. The zero-order chi connectivity index (χ0) is 16.4. The van der Waals surface area contributed by atoms with Crippen molar-refractivity contribution in [3.63, 3.8) is 0 Å². The summed E-state index contributed by atoms with van der Waals surface area (Å²) < 4.78 is 1.95. The largest absolute Gasteiger partial charge is 0.320 e. The Morgan fingerprint density at radius 1 is 1.22 bits per heavy atom. The number of aryl methyl sites for hydroxylation is 1. The summed E-state index contributed by atoms with van der Waals surface area (Å²) in [6.07, 6.45) is 0. The normalized spacial score (nSPS) is 11.7. The molecule has 0 aliphatic heterocycles. The minimum absolute atomic E-state index is 0.0838. The standard InChI is InChI=1S/C16H14N4O2S/c1-11-4-3-5-15(17-11)18-16-19(2)14(10-23-16)12-6-8-13(9-7-12)20(21)22/h3-10H,1-2H3/b18-16+. The van der Waals surface area contributed by atoms with Crippen LogP contribution in [0.4, 0.5) is 11.5 Å². The second kappa shape index (κ2) is 6.13. The summed E-state index contributed by atoms with van der Waals surface area (Å²) in [4.78, 5) is 20.1. The van der Waals surface area contributed by atoms with E-state index in [1.807, 2.05) is 42.1 Å². The average molecular weight is 326 g/mol. The number of thiazole rings is 1.